The Hall–Kier alpha value is -3.32. The summed E-state index contributed by atoms with van der Waals surface area (Å²) in [5.41, 5.74) is 4.98. The van der Waals surface area contributed by atoms with Crippen LogP contribution in [-0.2, 0) is 14.4 Å². The van der Waals surface area contributed by atoms with E-state index in [2.05, 4.69) is 5.43 Å². The molecular formula is C21H19ClN2O5. The van der Waals surface area contributed by atoms with Crippen LogP contribution < -0.4 is 14.9 Å². The minimum Gasteiger partial charge on any atom is -0.427 e. The standard InChI is InChI=1S/C21H19ClN2O5/c1-12(25)24-20(15-4-7-17(8-5-15)28-13(2)26)11-19(23-24)18-10-16(22)6-9-21(18)29-14(3)27/h4-11,20,23H,1-3H3/t20-/m0/s1. The second kappa shape index (κ2) is 8.36. The van der Waals surface area contributed by atoms with Gasteiger partial charge in [-0.2, -0.15) is 0 Å². The second-order valence-electron chi connectivity index (χ2n) is 6.42. The lowest BCUT2D eigenvalue weighted by Crippen LogP contribution is -2.37. The van der Waals surface area contributed by atoms with Crippen LogP contribution in [0.2, 0.25) is 5.02 Å². The predicted molar refractivity (Wildman–Crippen MR) is 107 cm³/mol. The van der Waals surface area contributed by atoms with E-state index in [0.717, 1.165) is 5.56 Å². The Kier molecular flexibility index (Phi) is 5.89. The molecule has 7 nitrogen and oxygen atoms in total. The number of ether oxygens (including phenoxy) is 2. The number of amides is 1. The monoisotopic (exact) mass is 414 g/mol. The molecule has 1 aliphatic rings. The minimum absolute atomic E-state index is 0.207. The fraction of sp³-hybridized carbons (Fsp3) is 0.190. The number of rotatable bonds is 4. The van der Waals surface area contributed by atoms with Crippen molar-refractivity contribution >= 4 is 35.1 Å². The molecule has 0 aliphatic carbocycles. The van der Waals surface area contributed by atoms with Crippen molar-refractivity contribution in [3.63, 3.8) is 0 Å². The molecule has 0 spiro atoms. The summed E-state index contributed by atoms with van der Waals surface area (Å²) in [6.07, 6.45) is 1.83. The normalized spacial score (nSPS) is 15.4. The number of hydrazine groups is 1. The SMILES string of the molecule is CC(=O)Oc1ccc([C@@H]2C=C(c3cc(Cl)ccc3OC(C)=O)NN2C(C)=O)cc1. The molecule has 2 aromatic rings. The molecule has 0 aromatic heterocycles. The first-order valence-corrected chi connectivity index (χ1v) is 9.17. The molecule has 150 valence electrons. The van der Waals surface area contributed by atoms with Gasteiger partial charge in [0, 0.05) is 31.4 Å². The molecule has 0 bridgehead atoms. The molecule has 1 N–H and O–H groups in total. The molecule has 1 atom stereocenters. The van der Waals surface area contributed by atoms with Crippen molar-refractivity contribution in [2.45, 2.75) is 26.8 Å². The molecule has 0 unspecified atom stereocenters. The van der Waals surface area contributed by atoms with Crippen molar-refractivity contribution < 1.29 is 23.9 Å². The Morgan fingerprint density at radius 3 is 2.21 bits per heavy atom. The van der Waals surface area contributed by atoms with Crippen LogP contribution in [0.5, 0.6) is 11.5 Å². The fourth-order valence-corrected chi connectivity index (χ4v) is 3.17. The molecule has 0 fully saturated rings. The number of benzene rings is 2. The molecule has 1 amide bonds. The van der Waals surface area contributed by atoms with E-state index in [1.807, 2.05) is 6.08 Å². The summed E-state index contributed by atoms with van der Waals surface area (Å²) >= 11 is 6.13. The largest absolute Gasteiger partial charge is 0.427 e. The third-order valence-corrected chi connectivity index (χ3v) is 4.39. The molecule has 0 saturated carbocycles. The molecule has 2 aromatic carbocycles. The van der Waals surface area contributed by atoms with E-state index in [1.165, 1.54) is 25.8 Å². The van der Waals surface area contributed by atoms with Crippen molar-refractivity contribution in [1.29, 1.82) is 0 Å². The van der Waals surface area contributed by atoms with E-state index in [9.17, 15) is 14.4 Å². The maximum Gasteiger partial charge on any atom is 0.308 e. The highest BCUT2D eigenvalue weighted by molar-refractivity contribution is 6.30. The highest BCUT2D eigenvalue weighted by Gasteiger charge is 2.30. The van der Waals surface area contributed by atoms with Crippen LogP contribution in [0.4, 0.5) is 0 Å². The maximum atomic E-state index is 12.2. The van der Waals surface area contributed by atoms with Crippen molar-refractivity contribution in [3.8, 4) is 11.5 Å². The van der Waals surface area contributed by atoms with E-state index in [1.54, 1.807) is 42.5 Å². The van der Waals surface area contributed by atoms with Crippen LogP contribution in [-0.4, -0.2) is 22.9 Å². The minimum atomic E-state index is -0.465. The molecule has 1 aliphatic heterocycles. The number of nitrogens with zero attached hydrogens (tertiary/aromatic N) is 1. The maximum absolute atomic E-state index is 12.2. The van der Waals surface area contributed by atoms with Gasteiger partial charge in [0.25, 0.3) is 0 Å². The molecule has 3 rings (SSSR count). The van der Waals surface area contributed by atoms with Crippen molar-refractivity contribution in [3.05, 3.63) is 64.7 Å². The first kappa shape index (κ1) is 20.4. The van der Waals surface area contributed by atoms with Gasteiger partial charge >= 0.3 is 11.9 Å². The van der Waals surface area contributed by atoms with Gasteiger partial charge < -0.3 is 9.47 Å². The Balaban J connectivity index is 1.98. The summed E-state index contributed by atoms with van der Waals surface area (Å²) in [5, 5.41) is 1.91. The zero-order valence-corrected chi connectivity index (χ0v) is 16.8. The number of nitrogens with one attached hydrogen (secondary N) is 1. The average molecular weight is 415 g/mol. The van der Waals surface area contributed by atoms with Gasteiger partial charge in [0.05, 0.1) is 11.7 Å². The molecule has 0 saturated heterocycles. The Labute approximate surface area is 172 Å². The molecule has 29 heavy (non-hydrogen) atoms. The first-order valence-electron chi connectivity index (χ1n) is 8.79. The van der Waals surface area contributed by atoms with Gasteiger partial charge in [-0.1, -0.05) is 23.7 Å². The molecule has 8 heteroatoms. The van der Waals surface area contributed by atoms with Gasteiger partial charge in [-0.15, -0.1) is 0 Å². The number of hydrogen-bond donors (Lipinski definition) is 1. The van der Waals surface area contributed by atoms with Crippen LogP contribution in [0.3, 0.4) is 0 Å². The van der Waals surface area contributed by atoms with E-state index < -0.39 is 18.0 Å². The number of hydrogen-bond acceptors (Lipinski definition) is 6. The highest BCUT2D eigenvalue weighted by Crippen LogP contribution is 2.36. The lowest BCUT2D eigenvalue weighted by atomic mass is 10.0. The number of carbonyl (C=O) groups excluding carboxylic acids is 3. The van der Waals surface area contributed by atoms with E-state index in [4.69, 9.17) is 21.1 Å². The van der Waals surface area contributed by atoms with Crippen LogP contribution in [0, 0.1) is 0 Å². The molecular weight excluding hydrogens is 396 g/mol. The van der Waals surface area contributed by atoms with Gasteiger partial charge in [0.1, 0.15) is 11.5 Å². The summed E-state index contributed by atoms with van der Waals surface area (Å²) in [7, 11) is 0. The summed E-state index contributed by atoms with van der Waals surface area (Å²) < 4.78 is 10.3. The van der Waals surface area contributed by atoms with Crippen LogP contribution in [0.25, 0.3) is 5.70 Å². The number of halogens is 1. The zero-order chi connectivity index (χ0) is 21.1. The quantitative estimate of drug-likeness (QED) is 0.607. The topological polar surface area (TPSA) is 84.9 Å². The van der Waals surface area contributed by atoms with E-state index in [0.29, 0.717) is 27.8 Å². The van der Waals surface area contributed by atoms with Crippen molar-refractivity contribution in [1.82, 2.24) is 10.4 Å². The lowest BCUT2D eigenvalue weighted by molar-refractivity contribution is -0.133. The predicted octanol–water partition coefficient (Wildman–Crippen LogP) is 3.64. The fourth-order valence-electron chi connectivity index (χ4n) is 2.99. The van der Waals surface area contributed by atoms with Crippen molar-refractivity contribution in [2.75, 3.05) is 0 Å². The Morgan fingerprint density at radius 1 is 0.966 bits per heavy atom. The Morgan fingerprint density at radius 2 is 1.62 bits per heavy atom. The third kappa shape index (κ3) is 4.75. The third-order valence-electron chi connectivity index (χ3n) is 4.15. The van der Waals surface area contributed by atoms with Crippen LogP contribution in [0.1, 0.15) is 37.9 Å². The summed E-state index contributed by atoms with van der Waals surface area (Å²) in [6.45, 7) is 4.08. The summed E-state index contributed by atoms with van der Waals surface area (Å²) in [5.74, 6) is -0.339. The number of esters is 2. The highest BCUT2D eigenvalue weighted by atomic mass is 35.5. The Bertz CT molecular complexity index is 1000. The van der Waals surface area contributed by atoms with Crippen molar-refractivity contribution in [2.24, 2.45) is 0 Å². The average Bonchev–Trinajstić information content (AvgIpc) is 3.08. The van der Waals surface area contributed by atoms with Crippen LogP contribution >= 0.6 is 11.6 Å². The first-order chi connectivity index (χ1) is 13.7. The second-order valence-corrected chi connectivity index (χ2v) is 6.86. The van der Waals surface area contributed by atoms with E-state index in [-0.39, 0.29) is 5.91 Å². The van der Waals surface area contributed by atoms with Gasteiger partial charge in [-0.05, 0) is 42.0 Å². The smallest absolute Gasteiger partial charge is 0.308 e. The van der Waals surface area contributed by atoms with Gasteiger partial charge in [0.15, 0.2) is 0 Å². The van der Waals surface area contributed by atoms with Gasteiger partial charge in [-0.3, -0.25) is 19.8 Å². The molecule has 1 heterocycles. The van der Waals surface area contributed by atoms with Gasteiger partial charge in [0.2, 0.25) is 5.91 Å². The molecule has 0 radical (unpaired) electrons. The summed E-state index contributed by atoms with van der Waals surface area (Å²) in [4.78, 5) is 34.7. The van der Waals surface area contributed by atoms with Gasteiger partial charge in [-0.25, -0.2) is 5.01 Å². The van der Waals surface area contributed by atoms with Crippen LogP contribution in [0.15, 0.2) is 48.5 Å². The lowest BCUT2D eigenvalue weighted by Gasteiger charge is -2.24. The van der Waals surface area contributed by atoms with E-state index >= 15 is 0 Å². The number of carbonyl (C=O) groups is 3. The zero-order valence-electron chi connectivity index (χ0n) is 16.1. The summed E-state index contributed by atoms with van der Waals surface area (Å²) in [6, 6.07) is 11.3.